The fourth-order valence-electron chi connectivity index (χ4n) is 9.78. The van der Waals surface area contributed by atoms with Crippen LogP contribution in [0.3, 0.4) is 0 Å². The average Bonchev–Trinajstić information content (AvgIpc) is 3.32. The molecule has 0 saturated heterocycles. The van der Waals surface area contributed by atoms with Crippen molar-refractivity contribution in [2.45, 2.75) is 33.1 Å². The second-order valence-electron chi connectivity index (χ2n) is 14.5. The summed E-state index contributed by atoms with van der Waals surface area (Å²) in [6.45, 7) is 4.00. The van der Waals surface area contributed by atoms with Gasteiger partial charge in [0.1, 0.15) is 0 Å². The lowest BCUT2D eigenvalue weighted by Gasteiger charge is -2.18. The minimum atomic E-state index is 0.781. The first-order valence-corrected chi connectivity index (χ1v) is 19.6. The molecule has 0 amide bonds. The highest BCUT2D eigenvalue weighted by Gasteiger charge is 2.30. The van der Waals surface area contributed by atoms with Gasteiger partial charge in [-0.05, 0) is 170 Å². The van der Waals surface area contributed by atoms with Crippen molar-refractivity contribution >= 4 is 93.4 Å². The van der Waals surface area contributed by atoms with E-state index in [0.29, 0.717) is 0 Å². The van der Waals surface area contributed by atoms with Gasteiger partial charge in [-0.1, -0.05) is 140 Å². The van der Waals surface area contributed by atoms with Crippen molar-refractivity contribution in [3.63, 3.8) is 0 Å². The van der Waals surface area contributed by atoms with Gasteiger partial charge >= 0.3 is 0 Å². The molecule has 0 N–H and O–H groups in total. The van der Waals surface area contributed by atoms with Gasteiger partial charge < -0.3 is 0 Å². The lowest BCUT2D eigenvalue weighted by Crippen LogP contribution is -1.96. The molecule has 0 radical (unpaired) electrons. The van der Waals surface area contributed by atoms with Gasteiger partial charge in [-0.3, -0.25) is 0 Å². The monoisotopic (exact) mass is 716 g/mol. The van der Waals surface area contributed by atoms with Gasteiger partial charge in [0.2, 0.25) is 0 Å². The Morgan fingerprint density at radius 1 is 0.415 bits per heavy atom. The van der Waals surface area contributed by atoms with Gasteiger partial charge in [0.05, 0.1) is 0 Å². The van der Waals surface area contributed by atoms with Crippen LogP contribution in [0.15, 0.2) is 133 Å². The normalized spacial score (nSPS) is 13.5. The maximum absolute atomic E-state index is 6.53. The van der Waals surface area contributed by atoms with E-state index >= 15 is 0 Å². The lowest BCUT2D eigenvalue weighted by atomic mass is 9.85. The summed E-state index contributed by atoms with van der Waals surface area (Å²) < 4.78 is 0. The van der Waals surface area contributed by atoms with Crippen molar-refractivity contribution in [2.75, 3.05) is 0 Å². The molecule has 0 spiro atoms. The molecule has 0 saturated carbocycles. The molecule has 12 rings (SSSR count). The number of fused-ring (bicyclic) bond motifs is 3. The van der Waals surface area contributed by atoms with Gasteiger partial charge in [-0.25, -0.2) is 0 Å². The second-order valence-corrected chi connectivity index (χ2v) is 15.4. The maximum atomic E-state index is 6.53. The minimum Gasteiger partial charge on any atom is -0.0843 e. The smallest absolute Gasteiger partial charge is 0.0418 e. The van der Waals surface area contributed by atoms with Crippen LogP contribution in [0.25, 0.3) is 104 Å². The first-order valence-electron chi connectivity index (χ1n) is 18.9. The highest BCUT2D eigenvalue weighted by atomic mass is 35.5. The van der Waals surface area contributed by atoms with Crippen LogP contribution in [-0.4, -0.2) is 0 Å². The van der Waals surface area contributed by atoms with E-state index in [4.69, 9.17) is 23.2 Å². The Kier molecular flexibility index (Phi) is 6.79. The molecule has 2 aliphatic carbocycles. The van der Waals surface area contributed by atoms with Gasteiger partial charge in [0, 0.05) is 10.0 Å². The molecule has 2 aliphatic rings. The molecule has 10 aromatic rings. The van der Waals surface area contributed by atoms with Gasteiger partial charge in [-0.2, -0.15) is 0 Å². The van der Waals surface area contributed by atoms with Crippen molar-refractivity contribution < 1.29 is 0 Å². The molecule has 0 unspecified atom stereocenters. The van der Waals surface area contributed by atoms with Crippen LogP contribution in [0.4, 0.5) is 0 Å². The van der Waals surface area contributed by atoms with Gasteiger partial charge in [-0.15, -0.1) is 0 Å². The number of hydrogen-bond acceptors (Lipinski definition) is 0. The highest BCUT2D eigenvalue weighted by Crippen LogP contribution is 2.52. The zero-order valence-corrected chi connectivity index (χ0v) is 31.1. The maximum Gasteiger partial charge on any atom is 0.0418 e. The molecule has 252 valence electrons. The zero-order valence-electron chi connectivity index (χ0n) is 29.6. The largest absolute Gasteiger partial charge is 0.0843 e. The van der Waals surface area contributed by atoms with Crippen molar-refractivity contribution in [1.29, 1.82) is 0 Å². The Morgan fingerprint density at radius 2 is 0.906 bits per heavy atom. The van der Waals surface area contributed by atoms with E-state index in [-0.39, 0.29) is 0 Å². The first kappa shape index (κ1) is 31.2. The molecule has 10 aromatic carbocycles. The SMILES string of the molecule is CC.Clc1cc2ccc3ccc(-c4ccc5c(c4)C4=CCCCc6c(-c7ccc8ccc9cc(Cl)cc%10ccc7c8c9%10)ccc-5c64)c4ccc(c1)c2c34. The topological polar surface area (TPSA) is 0 Å². The summed E-state index contributed by atoms with van der Waals surface area (Å²) in [6, 6.07) is 47.6. The van der Waals surface area contributed by atoms with Crippen LogP contribution in [0.2, 0.25) is 10.0 Å². The minimum absolute atomic E-state index is 0.781. The molecule has 0 nitrogen and oxygen atoms in total. The van der Waals surface area contributed by atoms with Crippen molar-refractivity contribution in [2.24, 2.45) is 0 Å². The third kappa shape index (κ3) is 4.37. The quantitative estimate of drug-likeness (QED) is 0.156. The number of hydrogen-bond donors (Lipinski definition) is 0. The Bertz CT molecular complexity index is 3140. The number of rotatable bonds is 2. The molecule has 0 aliphatic heterocycles. The third-order valence-electron chi connectivity index (χ3n) is 11.9. The Labute approximate surface area is 318 Å². The molecular weight excluding hydrogens is 683 g/mol. The summed E-state index contributed by atoms with van der Waals surface area (Å²) in [7, 11) is 0. The van der Waals surface area contributed by atoms with Gasteiger partial charge in [0.15, 0.2) is 0 Å². The standard InChI is InChI=1S/C49H28Cl2.C2H6/c50-33-21-29-7-5-26-9-14-35(41-17-12-31(23-33)45(29)47(26)41)28-11-16-38-43-20-19-37(39-3-1-2-4-40(49(39)43)44(38)25-28)36-15-10-27-6-8-30-22-34(51)24-32-13-18-42(36)48(27)46(30)32;1-2/h4-25H,1-3H2;1-2H3. The molecule has 0 aromatic heterocycles. The van der Waals surface area contributed by atoms with Crippen LogP contribution >= 0.6 is 23.2 Å². The van der Waals surface area contributed by atoms with Crippen molar-refractivity contribution in [1.82, 2.24) is 0 Å². The summed E-state index contributed by atoms with van der Waals surface area (Å²) in [4.78, 5) is 0. The number of benzene rings is 10. The van der Waals surface area contributed by atoms with E-state index in [9.17, 15) is 0 Å². The number of allylic oxidation sites excluding steroid dienone is 1. The fourth-order valence-corrected chi connectivity index (χ4v) is 10.3. The zero-order chi connectivity index (χ0) is 35.5. The van der Waals surface area contributed by atoms with Crippen LogP contribution in [-0.2, 0) is 6.42 Å². The van der Waals surface area contributed by atoms with E-state index in [1.165, 1.54) is 120 Å². The predicted octanol–water partition coefficient (Wildman–Crippen LogP) is 15.9. The fraction of sp³-hybridized carbons (Fsp3) is 0.0980. The van der Waals surface area contributed by atoms with Crippen molar-refractivity contribution in [3.05, 3.63) is 160 Å². The van der Waals surface area contributed by atoms with E-state index in [2.05, 4.69) is 133 Å². The number of halogens is 2. The summed E-state index contributed by atoms with van der Waals surface area (Å²) in [5.74, 6) is 0. The van der Waals surface area contributed by atoms with Crippen LogP contribution in [0, 0.1) is 0 Å². The van der Waals surface area contributed by atoms with E-state index < -0.39 is 0 Å². The molecule has 0 bridgehead atoms. The van der Waals surface area contributed by atoms with Crippen LogP contribution < -0.4 is 0 Å². The lowest BCUT2D eigenvalue weighted by molar-refractivity contribution is 0.853. The van der Waals surface area contributed by atoms with E-state index in [1.54, 1.807) is 0 Å². The average molecular weight is 718 g/mol. The Morgan fingerprint density at radius 3 is 1.55 bits per heavy atom. The molecule has 53 heavy (non-hydrogen) atoms. The van der Waals surface area contributed by atoms with Crippen LogP contribution in [0.5, 0.6) is 0 Å². The summed E-state index contributed by atoms with van der Waals surface area (Å²) in [5.41, 5.74) is 13.6. The highest BCUT2D eigenvalue weighted by molar-refractivity contribution is 6.35. The Hall–Kier alpha value is -5.40. The Balaban J connectivity index is 0.00000163. The summed E-state index contributed by atoms with van der Waals surface area (Å²) >= 11 is 13.0. The molecule has 2 heteroatoms. The second kappa shape index (κ2) is 11.5. The summed E-state index contributed by atoms with van der Waals surface area (Å²) in [5, 5.41) is 16.7. The molecule has 0 heterocycles. The predicted molar refractivity (Wildman–Crippen MR) is 232 cm³/mol. The van der Waals surface area contributed by atoms with Gasteiger partial charge in [0.25, 0.3) is 0 Å². The molecular formula is C51H34Cl2. The molecule has 0 atom stereocenters. The van der Waals surface area contributed by atoms with E-state index in [0.717, 1.165) is 29.3 Å². The van der Waals surface area contributed by atoms with Crippen molar-refractivity contribution in [3.8, 4) is 33.4 Å². The summed E-state index contributed by atoms with van der Waals surface area (Å²) in [6.07, 6.45) is 5.80. The third-order valence-corrected chi connectivity index (χ3v) is 12.3. The van der Waals surface area contributed by atoms with E-state index in [1.807, 2.05) is 13.8 Å². The first-order chi connectivity index (χ1) is 26.1. The molecule has 0 fully saturated rings. The van der Waals surface area contributed by atoms with Crippen LogP contribution in [0.1, 0.15) is 43.4 Å².